The van der Waals surface area contributed by atoms with Gasteiger partial charge in [-0.15, -0.1) is 0 Å². The topological polar surface area (TPSA) is 78.9 Å². The number of esters is 3. The minimum absolute atomic E-state index is 0.0982. The summed E-state index contributed by atoms with van der Waals surface area (Å²) in [7, 11) is 0. The molecule has 0 aliphatic rings. The highest BCUT2D eigenvalue weighted by Gasteiger charge is 2.19. The van der Waals surface area contributed by atoms with Crippen LogP contribution in [0.15, 0.2) is 72.9 Å². The second kappa shape index (κ2) is 51.5. The monoisotopic (exact) mass is 879 g/mol. The molecule has 0 aromatic carbocycles. The Morgan fingerprint density at radius 3 is 0.968 bits per heavy atom. The third kappa shape index (κ3) is 49.7. The smallest absolute Gasteiger partial charge is 0.306 e. The maximum absolute atomic E-state index is 12.8. The summed E-state index contributed by atoms with van der Waals surface area (Å²) in [6.45, 7) is 6.53. The Morgan fingerprint density at radius 2 is 0.571 bits per heavy atom. The van der Waals surface area contributed by atoms with Crippen molar-refractivity contribution in [3.05, 3.63) is 72.9 Å². The Balaban J connectivity index is 4.48. The van der Waals surface area contributed by atoms with Gasteiger partial charge in [-0.1, -0.05) is 190 Å². The van der Waals surface area contributed by atoms with Crippen molar-refractivity contribution in [2.75, 3.05) is 13.2 Å². The first-order chi connectivity index (χ1) is 31.0. The summed E-state index contributed by atoms with van der Waals surface area (Å²) in [6.07, 6.45) is 64.5. The van der Waals surface area contributed by atoms with Gasteiger partial charge < -0.3 is 14.2 Å². The van der Waals surface area contributed by atoms with Crippen LogP contribution in [0.5, 0.6) is 0 Å². The predicted molar refractivity (Wildman–Crippen MR) is 270 cm³/mol. The number of allylic oxidation sites excluding steroid dienone is 12. The van der Waals surface area contributed by atoms with Crippen LogP contribution in [0, 0.1) is 0 Å². The highest BCUT2D eigenvalue weighted by Crippen LogP contribution is 2.13. The molecule has 0 heterocycles. The number of carbonyl (C=O) groups is 3. The zero-order valence-corrected chi connectivity index (χ0v) is 41.3. The van der Waals surface area contributed by atoms with E-state index in [1.807, 2.05) is 0 Å². The first-order valence-corrected chi connectivity index (χ1v) is 26.4. The lowest BCUT2D eigenvalue weighted by Crippen LogP contribution is -2.30. The molecule has 0 amide bonds. The second-order valence-electron chi connectivity index (χ2n) is 17.4. The van der Waals surface area contributed by atoms with Gasteiger partial charge in [-0.3, -0.25) is 14.4 Å². The molecule has 0 rings (SSSR count). The van der Waals surface area contributed by atoms with E-state index >= 15 is 0 Å². The molecule has 0 aromatic heterocycles. The molecule has 362 valence electrons. The number of ether oxygens (including phenoxy) is 3. The SMILES string of the molecule is CCCCCC=CCC=CCC=CCCCCC(=O)OC[C@@H](COC(=O)CCCCCCCC=CCC=CCCCCC)OC(=O)CCCCCCCC=CCCCCCCCC. The summed E-state index contributed by atoms with van der Waals surface area (Å²) in [5, 5.41) is 0. The van der Waals surface area contributed by atoms with E-state index in [0.717, 1.165) is 109 Å². The van der Waals surface area contributed by atoms with E-state index in [2.05, 4.69) is 93.7 Å². The Hall–Kier alpha value is -3.15. The molecule has 0 aromatic rings. The van der Waals surface area contributed by atoms with E-state index in [4.69, 9.17) is 14.2 Å². The van der Waals surface area contributed by atoms with Gasteiger partial charge in [0.25, 0.3) is 0 Å². The summed E-state index contributed by atoms with van der Waals surface area (Å²) in [5.74, 6) is -0.957. The molecule has 6 nitrogen and oxygen atoms in total. The largest absolute Gasteiger partial charge is 0.462 e. The van der Waals surface area contributed by atoms with E-state index in [-0.39, 0.29) is 31.1 Å². The van der Waals surface area contributed by atoms with Crippen molar-refractivity contribution in [3.63, 3.8) is 0 Å². The molecule has 0 fully saturated rings. The lowest BCUT2D eigenvalue weighted by atomic mass is 10.1. The fourth-order valence-electron chi connectivity index (χ4n) is 7.12. The van der Waals surface area contributed by atoms with Crippen LogP contribution in [0.4, 0.5) is 0 Å². The van der Waals surface area contributed by atoms with E-state index in [9.17, 15) is 14.4 Å². The van der Waals surface area contributed by atoms with Crippen molar-refractivity contribution in [2.24, 2.45) is 0 Å². The molecule has 0 saturated heterocycles. The summed E-state index contributed by atoms with van der Waals surface area (Å²) in [6, 6.07) is 0. The number of carbonyl (C=O) groups excluding carboxylic acids is 3. The van der Waals surface area contributed by atoms with Crippen molar-refractivity contribution in [2.45, 2.75) is 258 Å². The van der Waals surface area contributed by atoms with Gasteiger partial charge >= 0.3 is 17.9 Å². The van der Waals surface area contributed by atoms with Gasteiger partial charge in [0, 0.05) is 19.3 Å². The van der Waals surface area contributed by atoms with Crippen molar-refractivity contribution < 1.29 is 28.6 Å². The van der Waals surface area contributed by atoms with Gasteiger partial charge in [0.1, 0.15) is 13.2 Å². The standard InChI is InChI=1S/C57H98O6/c1-4-7-10-13-16-19-22-25-28-31-34-37-40-43-46-49-55(58)61-52-54(63-57(60)51-48-45-42-39-36-33-30-27-24-21-18-15-12-9-6-3)53-62-56(59)50-47-44-41-38-35-32-29-26-23-20-17-14-11-8-5-2/h16-17,19-20,25-30,34,37,54H,4-15,18,21-24,31-33,35-36,38-53H2,1-3H3/t54-/m0/s1. The molecule has 0 bridgehead atoms. The van der Waals surface area contributed by atoms with E-state index in [1.54, 1.807) is 0 Å². The summed E-state index contributed by atoms with van der Waals surface area (Å²) >= 11 is 0. The summed E-state index contributed by atoms with van der Waals surface area (Å²) < 4.78 is 16.8. The van der Waals surface area contributed by atoms with Gasteiger partial charge in [-0.2, -0.15) is 0 Å². The third-order valence-electron chi connectivity index (χ3n) is 11.2. The fraction of sp³-hybridized carbons (Fsp3) is 0.737. The minimum Gasteiger partial charge on any atom is -0.462 e. The van der Waals surface area contributed by atoms with Crippen LogP contribution in [0.25, 0.3) is 0 Å². The van der Waals surface area contributed by atoms with Crippen LogP contribution in [0.2, 0.25) is 0 Å². The maximum Gasteiger partial charge on any atom is 0.306 e. The summed E-state index contributed by atoms with van der Waals surface area (Å²) in [5.41, 5.74) is 0. The zero-order valence-electron chi connectivity index (χ0n) is 41.3. The van der Waals surface area contributed by atoms with Gasteiger partial charge in [0.15, 0.2) is 6.10 Å². The van der Waals surface area contributed by atoms with Crippen LogP contribution in [0.3, 0.4) is 0 Å². The Kier molecular flexibility index (Phi) is 48.9. The van der Waals surface area contributed by atoms with Crippen LogP contribution >= 0.6 is 0 Å². The molecule has 0 saturated carbocycles. The average molecular weight is 879 g/mol. The van der Waals surface area contributed by atoms with E-state index < -0.39 is 6.10 Å². The molecule has 0 radical (unpaired) electrons. The van der Waals surface area contributed by atoms with Crippen molar-refractivity contribution in [3.8, 4) is 0 Å². The molecule has 63 heavy (non-hydrogen) atoms. The van der Waals surface area contributed by atoms with Crippen molar-refractivity contribution in [1.29, 1.82) is 0 Å². The maximum atomic E-state index is 12.8. The average Bonchev–Trinajstić information content (AvgIpc) is 3.28. The van der Waals surface area contributed by atoms with Gasteiger partial charge in [0.05, 0.1) is 0 Å². The van der Waals surface area contributed by atoms with Crippen LogP contribution in [-0.2, 0) is 28.6 Å². The number of hydrogen-bond donors (Lipinski definition) is 0. The third-order valence-corrected chi connectivity index (χ3v) is 11.2. The molecule has 6 heteroatoms. The quantitative estimate of drug-likeness (QED) is 0.0262. The van der Waals surface area contributed by atoms with Crippen LogP contribution in [-0.4, -0.2) is 37.2 Å². The molecule has 0 N–H and O–H groups in total. The molecule has 0 spiro atoms. The highest BCUT2D eigenvalue weighted by molar-refractivity contribution is 5.71. The van der Waals surface area contributed by atoms with Crippen LogP contribution in [0.1, 0.15) is 252 Å². The lowest BCUT2D eigenvalue weighted by molar-refractivity contribution is -0.167. The first-order valence-electron chi connectivity index (χ1n) is 26.4. The van der Waals surface area contributed by atoms with Crippen molar-refractivity contribution >= 4 is 17.9 Å². The molecular weight excluding hydrogens is 781 g/mol. The minimum atomic E-state index is -0.800. The normalized spacial score (nSPS) is 12.6. The van der Waals surface area contributed by atoms with E-state index in [1.165, 1.54) is 103 Å². The van der Waals surface area contributed by atoms with Crippen molar-refractivity contribution in [1.82, 2.24) is 0 Å². The highest BCUT2D eigenvalue weighted by atomic mass is 16.6. The fourth-order valence-corrected chi connectivity index (χ4v) is 7.12. The Bertz CT molecular complexity index is 1190. The number of unbranched alkanes of at least 4 members (excludes halogenated alkanes) is 24. The summed E-state index contributed by atoms with van der Waals surface area (Å²) in [4.78, 5) is 38.0. The number of hydrogen-bond acceptors (Lipinski definition) is 6. The Morgan fingerprint density at radius 1 is 0.317 bits per heavy atom. The van der Waals surface area contributed by atoms with Crippen LogP contribution < -0.4 is 0 Å². The van der Waals surface area contributed by atoms with Gasteiger partial charge in [-0.05, 0) is 116 Å². The molecule has 0 aliphatic carbocycles. The molecule has 0 aliphatic heterocycles. The lowest BCUT2D eigenvalue weighted by Gasteiger charge is -2.18. The molecule has 1 atom stereocenters. The van der Waals surface area contributed by atoms with Gasteiger partial charge in [-0.25, -0.2) is 0 Å². The zero-order chi connectivity index (χ0) is 45.8. The predicted octanol–water partition coefficient (Wildman–Crippen LogP) is 17.4. The van der Waals surface area contributed by atoms with Gasteiger partial charge in [0.2, 0.25) is 0 Å². The van der Waals surface area contributed by atoms with E-state index in [0.29, 0.717) is 19.3 Å². The Labute approximate surface area is 389 Å². The second-order valence-corrected chi connectivity index (χ2v) is 17.4. The first kappa shape index (κ1) is 59.9. The number of rotatable bonds is 47. The molecular formula is C57H98O6. The molecule has 0 unspecified atom stereocenters.